The monoisotopic (exact) mass is 271 g/mol. The van der Waals surface area contributed by atoms with Crippen molar-refractivity contribution in [3.63, 3.8) is 0 Å². The zero-order chi connectivity index (χ0) is 14.4. The third-order valence-corrected chi connectivity index (χ3v) is 3.78. The summed E-state index contributed by atoms with van der Waals surface area (Å²) < 4.78 is 5.98. The quantitative estimate of drug-likeness (QED) is 0.531. The lowest BCUT2D eigenvalue weighted by atomic mass is 10.0. The Morgan fingerprint density at radius 1 is 1.25 bits per heavy atom. The highest BCUT2D eigenvalue weighted by atomic mass is 16.3. The SMILES string of the molecule is C=CCCCCCC(NC)c1cc2cc(C)ccc2o1. The van der Waals surface area contributed by atoms with Gasteiger partial charge in [-0.2, -0.15) is 0 Å². The third-order valence-electron chi connectivity index (χ3n) is 3.78. The number of hydrogen-bond donors (Lipinski definition) is 1. The maximum absolute atomic E-state index is 5.98. The number of hydrogen-bond acceptors (Lipinski definition) is 2. The Morgan fingerprint density at radius 2 is 2.10 bits per heavy atom. The lowest BCUT2D eigenvalue weighted by molar-refractivity contribution is 0.419. The molecule has 2 aromatic rings. The first-order chi connectivity index (χ1) is 9.74. The number of unbranched alkanes of at least 4 members (excludes halogenated alkanes) is 3. The number of nitrogens with one attached hydrogen (secondary N) is 1. The van der Waals surface area contributed by atoms with Gasteiger partial charge in [0.05, 0.1) is 6.04 Å². The van der Waals surface area contributed by atoms with Gasteiger partial charge in [0, 0.05) is 5.39 Å². The molecule has 0 radical (unpaired) electrons. The van der Waals surface area contributed by atoms with Crippen molar-refractivity contribution in [3.05, 3.63) is 48.2 Å². The summed E-state index contributed by atoms with van der Waals surface area (Å²) in [5.41, 5.74) is 2.26. The lowest BCUT2D eigenvalue weighted by Crippen LogP contribution is -2.15. The second-order valence-corrected chi connectivity index (χ2v) is 5.46. The first-order valence-electron chi connectivity index (χ1n) is 7.53. The molecule has 20 heavy (non-hydrogen) atoms. The summed E-state index contributed by atoms with van der Waals surface area (Å²) in [5.74, 6) is 1.05. The van der Waals surface area contributed by atoms with Gasteiger partial charge < -0.3 is 9.73 Å². The molecule has 2 rings (SSSR count). The Labute approximate surface area is 121 Å². The van der Waals surface area contributed by atoms with Gasteiger partial charge in [-0.15, -0.1) is 6.58 Å². The van der Waals surface area contributed by atoms with Gasteiger partial charge in [-0.1, -0.05) is 30.5 Å². The van der Waals surface area contributed by atoms with Crippen molar-refractivity contribution in [2.24, 2.45) is 0 Å². The van der Waals surface area contributed by atoms with E-state index in [-0.39, 0.29) is 0 Å². The normalized spacial score (nSPS) is 12.7. The van der Waals surface area contributed by atoms with Crippen LogP contribution in [0.5, 0.6) is 0 Å². The Bertz CT molecular complexity index is 556. The summed E-state index contributed by atoms with van der Waals surface area (Å²) in [7, 11) is 2.01. The van der Waals surface area contributed by atoms with Crippen LogP contribution in [0.15, 0.2) is 41.3 Å². The Kier molecular flexibility index (Phi) is 5.42. The fraction of sp³-hybridized carbons (Fsp3) is 0.444. The molecule has 1 atom stereocenters. The molecule has 1 aromatic carbocycles. The minimum Gasteiger partial charge on any atom is -0.459 e. The molecule has 0 fully saturated rings. The van der Waals surface area contributed by atoms with Gasteiger partial charge in [-0.3, -0.25) is 0 Å². The smallest absolute Gasteiger partial charge is 0.134 e. The van der Waals surface area contributed by atoms with Crippen LogP contribution in [-0.2, 0) is 0 Å². The molecule has 2 heteroatoms. The van der Waals surface area contributed by atoms with Gasteiger partial charge in [0.15, 0.2) is 0 Å². The fourth-order valence-electron chi connectivity index (χ4n) is 2.60. The van der Waals surface area contributed by atoms with Crippen molar-refractivity contribution < 1.29 is 4.42 Å². The molecule has 0 aliphatic heterocycles. The van der Waals surface area contributed by atoms with Crippen LogP contribution in [0, 0.1) is 6.92 Å². The molecule has 1 N–H and O–H groups in total. The minimum atomic E-state index is 0.312. The van der Waals surface area contributed by atoms with Gasteiger partial charge in [0.1, 0.15) is 11.3 Å². The van der Waals surface area contributed by atoms with E-state index >= 15 is 0 Å². The number of aryl methyl sites for hydroxylation is 1. The van der Waals surface area contributed by atoms with Crippen LogP contribution >= 0.6 is 0 Å². The van der Waals surface area contributed by atoms with Crippen LogP contribution in [0.25, 0.3) is 11.0 Å². The number of furan rings is 1. The van der Waals surface area contributed by atoms with Gasteiger partial charge in [0.2, 0.25) is 0 Å². The van der Waals surface area contributed by atoms with E-state index in [2.05, 4.69) is 43.1 Å². The molecule has 0 saturated heterocycles. The number of benzene rings is 1. The fourth-order valence-corrected chi connectivity index (χ4v) is 2.60. The molecule has 0 bridgehead atoms. The highest BCUT2D eigenvalue weighted by molar-refractivity contribution is 5.78. The van der Waals surface area contributed by atoms with Gasteiger partial charge in [0.25, 0.3) is 0 Å². The maximum atomic E-state index is 5.98. The number of allylic oxidation sites excluding steroid dienone is 1. The van der Waals surface area contributed by atoms with Crippen molar-refractivity contribution in [1.29, 1.82) is 0 Å². The van der Waals surface area contributed by atoms with Gasteiger partial charge in [-0.05, 0) is 51.4 Å². The number of rotatable bonds is 8. The van der Waals surface area contributed by atoms with Crippen molar-refractivity contribution >= 4 is 11.0 Å². The van der Waals surface area contributed by atoms with Crippen LogP contribution in [-0.4, -0.2) is 7.05 Å². The molecule has 2 nitrogen and oxygen atoms in total. The molecule has 1 heterocycles. The average Bonchev–Trinajstić information content (AvgIpc) is 2.85. The molecule has 1 unspecified atom stereocenters. The van der Waals surface area contributed by atoms with Crippen molar-refractivity contribution in [2.45, 2.75) is 45.1 Å². The Morgan fingerprint density at radius 3 is 2.85 bits per heavy atom. The summed E-state index contributed by atoms with van der Waals surface area (Å²) in [5, 5.41) is 4.57. The zero-order valence-electron chi connectivity index (χ0n) is 12.6. The van der Waals surface area contributed by atoms with E-state index in [4.69, 9.17) is 4.42 Å². The predicted octanol–water partition coefficient (Wildman–Crippen LogP) is 5.14. The molecule has 1 aromatic heterocycles. The topological polar surface area (TPSA) is 25.2 Å². The summed E-state index contributed by atoms with van der Waals surface area (Å²) in [6.07, 6.45) is 7.94. The first-order valence-corrected chi connectivity index (χ1v) is 7.53. The first kappa shape index (κ1) is 14.9. The molecule has 0 amide bonds. The molecule has 0 aliphatic rings. The molecular weight excluding hydrogens is 246 g/mol. The van der Waals surface area contributed by atoms with Crippen LogP contribution in [0.3, 0.4) is 0 Å². The third kappa shape index (κ3) is 3.73. The van der Waals surface area contributed by atoms with Crippen LogP contribution in [0.2, 0.25) is 0 Å². The van der Waals surface area contributed by atoms with Gasteiger partial charge in [-0.25, -0.2) is 0 Å². The second kappa shape index (κ2) is 7.30. The highest BCUT2D eigenvalue weighted by Gasteiger charge is 2.14. The van der Waals surface area contributed by atoms with Gasteiger partial charge >= 0.3 is 0 Å². The van der Waals surface area contributed by atoms with Crippen molar-refractivity contribution in [1.82, 2.24) is 5.32 Å². The number of fused-ring (bicyclic) bond motifs is 1. The van der Waals surface area contributed by atoms with E-state index in [1.165, 1.54) is 30.2 Å². The van der Waals surface area contributed by atoms with Crippen molar-refractivity contribution in [3.8, 4) is 0 Å². The standard InChI is InChI=1S/C18H25NO/c1-4-5-6-7-8-9-16(19-3)18-13-15-12-14(2)10-11-17(15)20-18/h4,10-13,16,19H,1,5-9H2,2-3H3. The summed E-state index contributed by atoms with van der Waals surface area (Å²) >= 11 is 0. The Balaban J connectivity index is 1.99. The predicted molar refractivity (Wildman–Crippen MR) is 86.0 cm³/mol. The lowest BCUT2D eigenvalue weighted by Gasteiger charge is -2.12. The summed E-state index contributed by atoms with van der Waals surface area (Å²) in [6, 6.07) is 8.82. The minimum absolute atomic E-state index is 0.312. The highest BCUT2D eigenvalue weighted by Crippen LogP contribution is 2.27. The average molecular weight is 271 g/mol. The van der Waals surface area contributed by atoms with E-state index in [1.54, 1.807) is 0 Å². The van der Waals surface area contributed by atoms with E-state index in [9.17, 15) is 0 Å². The van der Waals surface area contributed by atoms with Crippen molar-refractivity contribution in [2.75, 3.05) is 7.05 Å². The molecule has 0 aliphatic carbocycles. The maximum Gasteiger partial charge on any atom is 0.134 e. The van der Waals surface area contributed by atoms with E-state index in [0.717, 1.165) is 24.2 Å². The molecular formula is C18H25NO. The summed E-state index contributed by atoms with van der Waals surface area (Å²) in [4.78, 5) is 0. The molecule has 0 saturated carbocycles. The Hall–Kier alpha value is -1.54. The van der Waals surface area contributed by atoms with E-state index in [1.807, 2.05) is 13.1 Å². The second-order valence-electron chi connectivity index (χ2n) is 5.46. The van der Waals surface area contributed by atoms with Crippen LogP contribution in [0.4, 0.5) is 0 Å². The zero-order valence-corrected chi connectivity index (χ0v) is 12.6. The van der Waals surface area contributed by atoms with Crippen LogP contribution in [0.1, 0.15) is 49.5 Å². The molecule has 0 spiro atoms. The largest absolute Gasteiger partial charge is 0.459 e. The van der Waals surface area contributed by atoms with Crippen LogP contribution < -0.4 is 5.32 Å². The van der Waals surface area contributed by atoms with E-state index < -0.39 is 0 Å². The van der Waals surface area contributed by atoms with E-state index in [0.29, 0.717) is 6.04 Å². The molecule has 108 valence electrons. The summed E-state index contributed by atoms with van der Waals surface area (Å²) in [6.45, 7) is 5.87.